The molecule has 0 saturated heterocycles. The normalized spacial score (nSPS) is 12.6. The molecule has 1 heterocycles. The number of benzene rings is 3. The second-order valence-corrected chi connectivity index (χ2v) is 10.9. The van der Waals surface area contributed by atoms with Crippen molar-refractivity contribution in [2.75, 3.05) is 0 Å². The number of hydrogen-bond acceptors (Lipinski definition) is 5. The summed E-state index contributed by atoms with van der Waals surface area (Å²) in [4.78, 5) is 38.4. The Labute approximate surface area is 316 Å². The van der Waals surface area contributed by atoms with Crippen LogP contribution >= 0.6 is 0 Å². The maximum absolute atomic E-state index is 14.2. The van der Waals surface area contributed by atoms with Crippen molar-refractivity contribution < 1.29 is 39.2 Å². The Kier molecular flexibility index (Phi) is 15.3. The molecule has 5 N–H and O–H groups in total. The van der Waals surface area contributed by atoms with Crippen molar-refractivity contribution in [2.24, 2.45) is 0 Å². The van der Waals surface area contributed by atoms with Crippen LogP contribution in [0.4, 0.5) is 4.39 Å². The van der Waals surface area contributed by atoms with Gasteiger partial charge in [0.15, 0.2) is 0 Å². The summed E-state index contributed by atoms with van der Waals surface area (Å²) >= 11 is 0. The Morgan fingerprint density at radius 3 is 1.96 bits per heavy atom. The molecule has 238 valence electrons. The van der Waals surface area contributed by atoms with Crippen molar-refractivity contribution in [3.8, 4) is 22.3 Å². The van der Waals surface area contributed by atoms with Crippen LogP contribution < -0.4 is 5.32 Å². The first-order valence-corrected chi connectivity index (χ1v) is 14.4. The number of aliphatic hydroxyl groups is 2. The molecule has 0 radical (unpaired) electrons. The first-order valence-electron chi connectivity index (χ1n) is 14.4. The zero-order valence-corrected chi connectivity index (χ0v) is 24.9. The van der Waals surface area contributed by atoms with E-state index in [1.54, 1.807) is 60.9 Å². The van der Waals surface area contributed by atoms with Crippen LogP contribution in [0.15, 0.2) is 91.5 Å². The van der Waals surface area contributed by atoms with Gasteiger partial charge < -0.3 is 30.3 Å². The van der Waals surface area contributed by atoms with Crippen LogP contribution in [-0.2, 0) is 11.3 Å². The topological polar surface area (TPSA) is 149 Å². The van der Waals surface area contributed by atoms with Gasteiger partial charge in [0.05, 0.1) is 17.8 Å². The number of rotatable bonds is 13. The molecule has 0 bridgehead atoms. The number of amides is 1. The van der Waals surface area contributed by atoms with Crippen molar-refractivity contribution in [3.05, 3.63) is 120 Å². The zero-order valence-electron chi connectivity index (χ0n) is 24.9. The van der Waals surface area contributed by atoms with Crippen molar-refractivity contribution in [1.29, 1.82) is 0 Å². The van der Waals surface area contributed by atoms with Gasteiger partial charge in [-0.3, -0.25) is 9.59 Å². The molecule has 0 fully saturated rings. The zero-order chi connectivity index (χ0) is 32.8. The Morgan fingerprint density at radius 1 is 0.872 bits per heavy atom. The van der Waals surface area contributed by atoms with Gasteiger partial charge >= 0.3 is 71.1 Å². The summed E-state index contributed by atoms with van der Waals surface area (Å²) in [7, 11) is 0. The van der Waals surface area contributed by atoms with E-state index in [-0.39, 0.29) is 89.0 Å². The van der Waals surface area contributed by atoms with Crippen LogP contribution in [0, 0.1) is 5.82 Å². The Hall–Kier alpha value is -3.06. The molecule has 0 aliphatic carbocycles. The number of carboxylic acid groups (broad SMARTS) is 2. The number of halogens is 1. The van der Waals surface area contributed by atoms with E-state index in [1.165, 1.54) is 42.5 Å². The molecule has 0 aliphatic heterocycles. The van der Waals surface area contributed by atoms with Crippen LogP contribution in [0.3, 0.4) is 0 Å². The molecule has 4 rings (SSSR count). The minimum absolute atomic E-state index is 0. The van der Waals surface area contributed by atoms with Gasteiger partial charge in [0.2, 0.25) is 0 Å². The molecular weight excluding hydrogens is 625 g/mol. The van der Waals surface area contributed by atoms with Crippen LogP contribution in [-0.4, -0.2) is 114 Å². The minimum atomic E-state index is -1.60. The third-order valence-corrected chi connectivity index (χ3v) is 7.52. The Bertz CT molecular complexity index is 1690. The molecule has 0 aliphatic rings. The van der Waals surface area contributed by atoms with E-state index < -0.39 is 47.8 Å². The first kappa shape index (κ1) is 40.1. The predicted octanol–water partition coefficient (Wildman–Crippen LogP) is 4.34. The molecule has 9 nitrogen and oxygen atoms in total. The van der Waals surface area contributed by atoms with E-state index in [4.69, 9.17) is 0 Å². The van der Waals surface area contributed by atoms with Gasteiger partial charge in [-0.05, 0) is 54.8 Å². The number of aromatic nitrogens is 1. The number of aliphatic carboxylic acids is 1. The SMILES string of the molecule is C=CC(O)CC(O)C(C(=O)O)c1c(-c2ccc(F)cc2)c(-c2ccccc2)c(C(=O)NCc2ccc(C(=O)O)cc2)n1C(C)C.[NaH].[NaH]. The first-order chi connectivity index (χ1) is 21.4. The van der Waals surface area contributed by atoms with Crippen LogP contribution in [0.5, 0.6) is 0 Å². The van der Waals surface area contributed by atoms with Gasteiger partial charge in [-0.15, -0.1) is 6.58 Å². The number of nitrogens with one attached hydrogen (secondary N) is 1. The number of aliphatic hydroxyl groups excluding tert-OH is 2. The molecule has 12 heteroatoms. The summed E-state index contributed by atoms with van der Waals surface area (Å²) in [5.41, 5.74) is 2.67. The van der Waals surface area contributed by atoms with E-state index in [0.29, 0.717) is 27.8 Å². The number of carbonyl (C=O) groups excluding carboxylic acids is 1. The van der Waals surface area contributed by atoms with Gasteiger partial charge in [-0.25, -0.2) is 9.18 Å². The average molecular weight is 663 g/mol. The van der Waals surface area contributed by atoms with Gasteiger partial charge in [0.1, 0.15) is 17.4 Å². The van der Waals surface area contributed by atoms with Crippen molar-refractivity contribution in [1.82, 2.24) is 9.88 Å². The molecule has 47 heavy (non-hydrogen) atoms. The van der Waals surface area contributed by atoms with E-state index >= 15 is 0 Å². The number of nitrogens with zero attached hydrogens (tertiary/aromatic N) is 1. The molecule has 0 saturated carbocycles. The molecule has 3 unspecified atom stereocenters. The van der Waals surface area contributed by atoms with Gasteiger partial charge in [0, 0.05) is 35.8 Å². The quantitative estimate of drug-likeness (QED) is 0.106. The Morgan fingerprint density at radius 2 is 1.45 bits per heavy atom. The standard InChI is InChI=1S/C35H35FN2O7.2Na.2H/c1-4-26(39)18-27(40)30(35(44)45)31-28(23-14-16-25(36)17-15-23)29(22-8-6-5-7-9-22)32(38(31)20(2)3)33(41)37-19-21-10-12-24(13-11-21)34(42)43;;;;/h4-17,20,26-27,30,39-40H,1,18-19H2,2-3H3,(H,37,41)(H,42,43)(H,44,45);;;;. The summed E-state index contributed by atoms with van der Waals surface area (Å²) in [5.74, 6) is -5.13. The molecule has 3 atom stereocenters. The van der Waals surface area contributed by atoms with Crippen LogP contribution in [0.2, 0.25) is 0 Å². The average Bonchev–Trinajstić information content (AvgIpc) is 3.36. The summed E-state index contributed by atoms with van der Waals surface area (Å²) in [6.45, 7) is 7.11. The van der Waals surface area contributed by atoms with E-state index in [0.717, 1.165) is 0 Å². The molecular formula is C35H37FN2Na2O7. The fourth-order valence-electron chi connectivity index (χ4n) is 5.44. The van der Waals surface area contributed by atoms with Crippen molar-refractivity contribution in [3.63, 3.8) is 0 Å². The van der Waals surface area contributed by atoms with Crippen LogP contribution in [0.25, 0.3) is 22.3 Å². The van der Waals surface area contributed by atoms with Crippen molar-refractivity contribution in [2.45, 2.75) is 51.0 Å². The second-order valence-electron chi connectivity index (χ2n) is 10.9. The summed E-state index contributed by atoms with van der Waals surface area (Å²) < 4.78 is 15.7. The third-order valence-electron chi connectivity index (χ3n) is 7.52. The van der Waals surface area contributed by atoms with Gasteiger partial charge in [-0.1, -0.05) is 60.7 Å². The molecule has 0 spiro atoms. The van der Waals surface area contributed by atoms with E-state index in [2.05, 4.69) is 11.9 Å². The number of aromatic carboxylic acids is 1. The molecule has 4 aromatic rings. The monoisotopic (exact) mass is 662 g/mol. The van der Waals surface area contributed by atoms with Crippen LogP contribution in [0.1, 0.15) is 64.3 Å². The van der Waals surface area contributed by atoms with Crippen molar-refractivity contribution >= 4 is 77.0 Å². The van der Waals surface area contributed by atoms with E-state index in [1.807, 2.05) is 0 Å². The van der Waals surface area contributed by atoms with Gasteiger partial charge in [-0.2, -0.15) is 0 Å². The fraction of sp³-hybridized carbons (Fsp3) is 0.229. The second kappa shape index (κ2) is 17.9. The summed E-state index contributed by atoms with van der Waals surface area (Å²) in [6.07, 6.45) is -1.92. The van der Waals surface area contributed by atoms with Gasteiger partial charge in [0.25, 0.3) is 5.91 Å². The third kappa shape index (κ3) is 9.31. The fourth-order valence-corrected chi connectivity index (χ4v) is 5.44. The molecule has 1 amide bonds. The maximum atomic E-state index is 14.2. The number of hydrogen-bond donors (Lipinski definition) is 5. The number of carboxylic acids is 2. The number of carbonyl (C=O) groups is 3. The predicted molar refractivity (Wildman–Crippen MR) is 182 cm³/mol. The molecule has 1 aromatic heterocycles. The Balaban J connectivity index is 0.00000384. The molecule has 3 aromatic carbocycles. The van der Waals surface area contributed by atoms with E-state index in [9.17, 15) is 39.2 Å². The summed E-state index contributed by atoms with van der Waals surface area (Å²) in [5, 5.41) is 44.1. The summed E-state index contributed by atoms with van der Waals surface area (Å²) in [6, 6.07) is 19.8.